The van der Waals surface area contributed by atoms with Crippen molar-refractivity contribution in [2.45, 2.75) is 6.42 Å². The van der Waals surface area contributed by atoms with Gasteiger partial charge in [0.15, 0.2) is 0 Å². The molecule has 1 aromatic rings. The minimum atomic E-state index is -1.19. The molecule has 1 heterocycles. The van der Waals surface area contributed by atoms with E-state index in [0.29, 0.717) is 0 Å². The van der Waals surface area contributed by atoms with Crippen molar-refractivity contribution < 1.29 is 14.8 Å². The largest absolute Gasteiger partial charge is 0.481 e. The van der Waals surface area contributed by atoms with Crippen LogP contribution in [0.15, 0.2) is 12.3 Å². The molecule has 0 saturated carbocycles. The second-order valence-corrected chi connectivity index (χ2v) is 2.83. The van der Waals surface area contributed by atoms with Crippen LogP contribution in [-0.4, -0.2) is 21.0 Å². The van der Waals surface area contributed by atoms with Crippen LogP contribution in [0.1, 0.15) is 5.56 Å². The Balaban J connectivity index is 3.22. The minimum Gasteiger partial charge on any atom is -0.481 e. The van der Waals surface area contributed by atoms with Crippen LogP contribution in [0.5, 0.6) is 0 Å². The van der Waals surface area contributed by atoms with E-state index in [1.165, 1.54) is 6.07 Å². The Hall–Kier alpha value is -1.69. The number of carboxylic acids is 1. The zero-order valence-electron chi connectivity index (χ0n) is 6.81. The lowest BCUT2D eigenvalue weighted by Crippen LogP contribution is -2.05. The number of hydrogen-bond donors (Lipinski definition) is 1. The van der Waals surface area contributed by atoms with Crippen molar-refractivity contribution in [1.82, 2.24) is 4.98 Å². The van der Waals surface area contributed by atoms with Crippen LogP contribution in [0.4, 0.5) is 5.82 Å². The fourth-order valence-electron chi connectivity index (χ4n) is 0.931. The standard InChI is InChI=1S/C7H5ClN2O4/c8-5-1-2-9-7(10(13)14)4(5)3-6(11)12/h1-2H,3H2,(H,11,12). The van der Waals surface area contributed by atoms with Gasteiger partial charge in [0.05, 0.1) is 17.0 Å². The summed E-state index contributed by atoms with van der Waals surface area (Å²) in [6.07, 6.45) is 0.648. The van der Waals surface area contributed by atoms with Gasteiger partial charge in [0.2, 0.25) is 0 Å². The van der Waals surface area contributed by atoms with Crippen molar-refractivity contribution in [1.29, 1.82) is 0 Å². The highest BCUT2D eigenvalue weighted by atomic mass is 35.5. The number of carboxylic acid groups (broad SMARTS) is 1. The summed E-state index contributed by atoms with van der Waals surface area (Å²) in [5, 5.41) is 19.0. The van der Waals surface area contributed by atoms with Gasteiger partial charge in [0.25, 0.3) is 0 Å². The fourth-order valence-corrected chi connectivity index (χ4v) is 1.14. The average molecular weight is 217 g/mol. The van der Waals surface area contributed by atoms with E-state index >= 15 is 0 Å². The van der Waals surface area contributed by atoms with Crippen molar-refractivity contribution in [3.8, 4) is 0 Å². The zero-order chi connectivity index (χ0) is 10.7. The third-order valence-electron chi connectivity index (χ3n) is 1.48. The summed E-state index contributed by atoms with van der Waals surface area (Å²) >= 11 is 5.61. The molecular formula is C7H5ClN2O4. The van der Waals surface area contributed by atoms with Crippen molar-refractivity contribution in [3.63, 3.8) is 0 Å². The molecule has 0 unspecified atom stereocenters. The molecule has 1 rings (SSSR count). The van der Waals surface area contributed by atoms with Crippen LogP contribution in [0.2, 0.25) is 5.02 Å². The first-order valence-corrected chi connectivity index (χ1v) is 3.89. The predicted molar refractivity (Wildman–Crippen MR) is 47.2 cm³/mol. The number of nitro groups is 1. The molecule has 1 aromatic heterocycles. The molecule has 6 nitrogen and oxygen atoms in total. The van der Waals surface area contributed by atoms with Gasteiger partial charge in [-0.2, -0.15) is 0 Å². The van der Waals surface area contributed by atoms with E-state index < -0.39 is 23.1 Å². The van der Waals surface area contributed by atoms with Crippen molar-refractivity contribution in [2.75, 3.05) is 0 Å². The number of carbonyl (C=O) groups is 1. The number of hydrogen-bond acceptors (Lipinski definition) is 4. The third kappa shape index (κ3) is 2.17. The molecule has 0 atom stereocenters. The predicted octanol–water partition coefficient (Wildman–Crippen LogP) is 1.27. The van der Waals surface area contributed by atoms with Gasteiger partial charge in [-0.1, -0.05) is 11.6 Å². The first kappa shape index (κ1) is 10.4. The lowest BCUT2D eigenvalue weighted by Gasteiger charge is -2.00. The Morgan fingerprint density at radius 2 is 2.36 bits per heavy atom. The molecular weight excluding hydrogens is 212 g/mol. The van der Waals surface area contributed by atoms with Gasteiger partial charge in [-0.05, 0) is 9.91 Å². The molecule has 0 aromatic carbocycles. The maximum Gasteiger partial charge on any atom is 0.368 e. The fraction of sp³-hybridized carbons (Fsp3) is 0.143. The van der Waals surface area contributed by atoms with Crippen molar-refractivity contribution in [3.05, 3.63) is 33.0 Å². The maximum atomic E-state index is 10.4. The van der Waals surface area contributed by atoms with Gasteiger partial charge in [0.1, 0.15) is 6.20 Å². The van der Waals surface area contributed by atoms with E-state index in [-0.39, 0.29) is 10.6 Å². The Morgan fingerprint density at radius 1 is 1.71 bits per heavy atom. The number of rotatable bonds is 3. The normalized spacial score (nSPS) is 9.79. The molecule has 0 aliphatic heterocycles. The van der Waals surface area contributed by atoms with E-state index in [9.17, 15) is 14.9 Å². The summed E-state index contributed by atoms with van der Waals surface area (Å²) in [6.45, 7) is 0. The molecule has 0 fully saturated rings. The second-order valence-electron chi connectivity index (χ2n) is 2.42. The van der Waals surface area contributed by atoms with Gasteiger partial charge >= 0.3 is 11.8 Å². The van der Waals surface area contributed by atoms with E-state index in [0.717, 1.165) is 6.20 Å². The summed E-state index contributed by atoms with van der Waals surface area (Å²) in [4.78, 5) is 23.5. The monoisotopic (exact) mass is 216 g/mol. The highest BCUT2D eigenvalue weighted by molar-refractivity contribution is 6.31. The van der Waals surface area contributed by atoms with Crippen molar-refractivity contribution in [2.24, 2.45) is 0 Å². The van der Waals surface area contributed by atoms with Gasteiger partial charge in [-0.25, -0.2) is 0 Å². The Kier molecular flexibility index (Phi) is 2.98. The van der Waals surface area contributed by atoms with Gasteiger partial charge < -0.3 is 15.2 Å². The quantitative estimate of drug-likeness (QED) is 0.607. The zero-order valence-corrected chi connectivity index (χ0v) is 7.56. The van der Waals surface area contributed by atoms with Crippen molar-refractivity contribution >= 4 is 23.4 Å². The van der Waals surface area contributed by atoms with Crippen LogP contribution in [0.25, 0.3) is 0 Å². The first-order chi connectivity index (χ1) is 6.52. The maximum absolute atomic E-state index is 10.4. The average Bonchev–Trinajstić information content (AvgIpc) is 2.07. The molecule has 14 heavy (non-hydrogen) atoms. The summed E-state index contributed by atoms with van der Waals surface area (Å²) in [7, 11) is 0. The molecule has 0 aliphatic carbocycles. The topological polar surface area (TPSA) is 93.3 Å². The van der Waals surface area contributed by atoms with E-state index in [1.54, 1.807) is 0 Å². The minimum absolute atomic E-state index is 0.0362. The van der Waals surface area contributed by atoms with Gasteiger partial charge in [0, 0.05) is 6.07 Å². The summed E-state index contributed by atoms with van der Waals surface area (Å²) in [5.41, 5.74) is -0.0772. The molecule has 0 radical (unpaired) electrons. The van der Waals surface area contributed by atoms with Crippen LogP contribution < -0.4 is 0 Å². The second kappa shape index (κ2) is 4.01. The smallest absolute Gasteiger partial charge is 0.368 e. The lowest BCUT2D eigenvalue weighted by molar-refractivity contribution is -0.390. The number of aliphatic carboxylic acids is 1. The van der Waals surface area contributed by atoms with Crippen LogP contribution >= 0.6 is 11.6 Å². The molecule has 1 N–H and O–H groups in total. The highest BCUT2D eigenvalue weighted by Crippen LogP contribution is 2.23. The molecule has 0 amide bonds. The summed E-state index contributed by atoms with van der Waals surface area (Å²) in [5.74, 6) is -1.71. The van der Waals surface area contributed by atoms with Crippen LogP contribution in [0, 0.1) is 10.1 Å². The SMILES string of the molecule is O=C(O)Cc1c(Cl)ccnc1[N+](=O)[O-]. The molecule has 0 aliphatic rings. The van der Waals surface area contributed by atoms with Gasteiger partial charge in [-0.3, -0.25) is 4.79 Å². The van der Waals surface area contributed by atoms with Crippen LogP contribution in [0.3, 0.4) is 0 Å². The molecule has 0 spiro atoms. The first-order valence-electron chi connectivity index (χ1n) is 3.52. The summed E-state index contributed by atoms with van der Waals surface area (Å²) in [6, 6.07) is 1.31. The number of halogens is 1. The Bertz CT molecular complexity index is 393. The molecule has 7 heteroatoms. The van der Waals surface area contributed by atoms with E-state index in [1.807, 2.05) is 0 Å². The molecule has 74 valence electrons. The highest BCUT2D eigenvalue weighted by Gasteiger charge is 2.20. The summed E-state index contributed by atoms with van der Waals surface area (Å²) < 4.78 is 0. The Labute approximate surface area is 83.3 Å². The Morgan fingerprint density at radius 3 is 2.86 bits per heavy atom. The van der Waals surface area contributed by atoms with E-state index in [4.69, 9.17) is 16.7 Å². The number of aromatic nitrogens is 1. The lowest BCUT2D eigenvalue weighted by atomic mass is 10.2. The number of nitrogens with zero attached hydrogens (tertiary/aromatic N) is 2. The van der Waals surface area contributed by atoms with E-state index in [2.05, 4.69) is 4.98 Å². The molecule has 0 saturated heterocycles. The number of pyridine rings is 1. The third-order valence-corrected chi connectivity index (χ3v) is 1.83. The van der Waals surface area contributed by atoms with Gasteiger partial charge in [-0.15, -0.1) is 0 Å². The van der Waals surface area contributed by atoms with Crippen LogP contribution in [-0.2, 0) is 11.2 Å². The molecule has 0 bridgehead atoms.